The SMILES string of the molecule is C#CC(C)(C)NC1CCCC(C(C)(C)C)CC1. The van der Waals surface area contributed by atoms with E-state index in [2.05, 4.69) is 45.9 Å². The normalized spacial score (nSPS) is 27.3. The summed E-state index contributed by atoms with van der Waals surface area (Å²) in [5.41, 5.74) is 0.294. The summed E-state index contributed by atoms with van der Waals surface area (Å²) < 4.78 is 0. The third kappa shape index (κ3) is 4.72. The highest BCUT2D eigenvalue weighted by Crippen LogP contribution is 2.36. The summed E-state index contributed by atoms with van der Waals surface area (Å²) in [4.78, 5) is 0. The van der Waals surface area contributed by atoms with Crippen LogP contribution in [0.5, 0.6) is 0 Å². The molecular weight excluding hydrogens is 206 g/mol. The van der Waals surface area contributed by atoms with Gasteiger partial charge in [-0.25, -0.2) is 0 Å². The Kier molecular flexibility index (Phi) is 4.67. The van der Waals surface area contributed by atoms with Crippen molar-refractivity contribution in [1.82, 2.24) is 5.32 Å². The molecule has 1 heteroatoms. The molecule has 98 valence electrons. The van der Waals surface area contributed by atoms with Crippen molar-refractivity contribution in [2.24, 2.45) is 11.3 Å². The van der Waals surface area contributed by atoms with Crippen LogP contribution in [0.1, 0.15) is 66.7 Å². The largest absolute Gasteiger partial charge is 0.299 e. The zero-order valence-electron chi connectivity index (χ0n) is 12.3. The maximum atomic E-state index is 5.55. The summed E-state index contributed by atoms with van der Waals surface area (Å²) in [5, 5.41) is 3.62. The Labute approximate surface area is 108 Å². The molecular formula is C16H29N. The molecule has 0 radical (unpaired) electrons. The van der Waals surface area contributed by atoms with Gasteiger partial charge in [-0.05, 0) is 50.9 Å². The van der Waals surface area contributed by atoms with Gasteiger partial charge in [-0.15, -0.1) is 6.42 Å². The van der Waals surface area contributed by atoms with E-state index in [-0.39, 0.29) is 5.54 Å². The maximum absolute atomic E-state index is 5.55. The predicted molar refractivity (Wildman–Crippen MR) is 75.9 cm³/mol. The second kappa shape index (κ2) is 5.44. The molecule has 0 bridgehead atoms. The highest BCUT2D eigenvalue weighted by atomic mass is 15.0. The predicted octanol–water partition coefficient (Wildman–Crippen LogP) is 3.98. The van der Waals surface area contributed by atoms with Gasteiger partial charge < -0.3 is 0 Å². The van der Waals surface area contributed by atoms with Gasteiger partial charge >= 0.3 is 0 Å². The minimum absolute atomic E-state index is 0.160. The van der Waals surface area contributed by atoms with Crippen LogP contribution >= 0.6 is 0 Å². The molecule has 0 spiro atoms. The Hall–Kier alpha value is -0.480. The van der Waals surface area contributed by atoms with Crippen LogP contribution in [-0.2, 0) is 0 Å². The lowest BCUT2D eigenvalue weighted by Crippen LogP contribution is -2.44. The first-order chi connectivity index (χ1) is 7.74. The van der Waals surface area contributed by atoms with E-state index in [1.54, 1.807) is 0 Å². The third-order valence-electron chi connectivity index (χ3n) is 4.12. The number of nitrogens with one attached hydrogen (secondary N) is 1. The maximum Gasteiger partial charge on any atom is 0.0743 e. The molecule has 0 heterocycles. The van der Waals surface area contributed by atoms with E-state index in [1.165, 1.54) is 32.1 Å². The number of hydrogen-bond acceptors (Lipinski definition) is 1. The first-order valence-corrected chi connectivity index (χ1v) is 7.00. The molecule has 0 aromatic rings. The average molecular weight is 235 g/mol. The zero-order valence-corrected chi connectivity index (χ0v) is 12.3. The van der Waals surface area contributed by atoms with Gasteiger partial charge in [-0.1, -0.05) is 33.1 Å². The topological polar surface area (TPSA) is 12.0 Å². The van der Waals surface area contributed by atoms with E-state index >= 15 is 0 Å². The van der Waals surface area contributed by atoms with Gasteiger partial charge in [-0.2, -0.15) is 0 Å². The van der Waals surface area contributed by atoms with Crippen LogP contribution in [0.15, 0.2) is 0 Å². The minimum atomic E-state index is -0.160. The molecule has 0 amide bonds. The highest BCUT2D eigenvalue weighted by molar-refractivity contribution is 5.08. The molecule has 0 aliphatic heterocycles. The lowest BCUT2D eigenvalue weighted by atomic mass is 9.76. The van der Waals surface area contributed by atoms with Crippen LogP contribution in [0.4, 0.5) is 0 Å². The molecule has 17 heavy (non-hydrogen) atoms. The zero-order chi connectivity index (χ0) is 13.1. The Morgan fingerprint density at radius 1 is 1.00 bits per heavy atom. The van der Waals surface area contributed by atoms with Gasteiger partial charge in [0.1, 0.15) is 0 Å². The van der Waals surface area contributed by atoms with Crippen molar-refractivity contribution in [3.8, 4) is 12.3 Å². The molecule has 0 aromatic carbocycles. The van der Waals surface area contributed by atoms with Gasteiger partial charge in [0.2, 0.25) is 0 Å². The molecule has 1 N–H and O–H groups in total. The second-order valence-corrected chi connectivity index (χ2v) is 7.18. The molecule has 1 fully saturated rings. The second-order valence-electron chi connectivity index (χ2n) is 7.18. The van der Waals surface area contributed by atoms with E-state index < -0.39 is 0 Å². The smallest absolute Gasteiger partial charge is 0.0743 e. The molecule has 1 nitrogen and oxygen atoms in total. The molecule has 2 unspecified atom stereocenters. The molecule has 1 saturated carbocycles. The Morgan fingerprint density at radius 2 is 1.65 bits per heavy atom. The van der Waals surface area contributed by atoms with E-state index in [1.807, 2.05) is 0 Å². The highest BCUT2D eigenvalue weighted by Gasteiger charge is 2.29. The molecule has 2 atom stereocenters. The van der Waals surface area contributed by atoms with Crippen LogP contribution in [0.3, 0.4) is 0 Å². The van der Waals surface area contributed by atoms with Gasteiger partial charge in [0.25, 0.3) is 0 Å². The quantitative estimate of drug-likeness (QED) is 0.564. The summed E-state index contributed by atoms with van der Waals surface area (Å²) in [6.07, 6.45) is 12.1. The van der Waals surface area contributed by atoms with Crippen molar-refractivity contribution < 1.29 is 0 Å². The third-order valence-corrected chi connectivity index (χ3v) is 4.12. The summed E-state index contributed by atoms with van der Waals surface area (Å²) in [6, 6.07) is 0.605. The van der Waals surface area contributed by atoms with Gasteiger partial charge in [0, 0.05) is 6.04 Å². The minimum Gasteiger partial charge on any atom is -0.299 e. The van der Waals surface area contributed by atoms with Crippen molar-refractivity contribution in [3.63, 3.8) is 0 Å². The molecule has 1 aliphatic rings. The monoisotopic (exact) mass is 235 g/mol. The van der Waals surface area contributed by atoms with Crippen molar-refractivity contribution in [2.45, 2.75) is 78.3 Å². The summed E-state index contributed by atoms with van der Waals surface area (Å²) in [5.74, 6) is 3.70. The first kappa shape index (κ1) is 14.6. The summed E-state index contributed by atoms with van der Waals surface area (Å²) in [6.45, 7) is 11.3. The van der Waals surface area contributed by atoms with Gasteiger partial charge in [0.05, 0.1) is 5.54 Å². The van der Waals surface area contributed by atoms with E-state index in [4.69, 9.17) is 6.42 Å². The molecule has 1 rings (SSSR count). The van der Waals surface area contributed by atoms with Crippen LogP contribution in [0, 0.1) is 23.7 Å². The standard InChI is InChI=1S/C16H29N/c1-7-16(5,6)17-14-10-8-9-13(11-12-14)15(2,3)4/h1,13-14,17H,8-12H2,2-6H3. The van der Waals surface area contributed by atoms with Crippen molar-refractivity contribution in [1.29, 1.82) is 0 Å². The fraction of sp³-hybridized carbons (Fsp3) is 0.875. The van der Waals surface area contributed by atoms with Gasteiger partial charge in [-0.3, -0.25) is 5.32 Å². The van der Waals surface area contributed by atoms with Crippen molar-refractivity contribution in [2.75, 3.05) is 0 Å². The van der Waals surface area contributed by atoms with Gasteiger partial charge in [0.15, 0.2) is 0 Å². The van der Waals surface area contributed by atoms with E-state index in [9.17, 15) is 0 Å². The lowest BCUT2D eigenvalue weighted by Gasteiger charge is -2.30. The van der Waals surface area contributed by atoms with Crippen LogP contribution in [0.2, 0.25) is 0 Å². The van der Waals surface area contributed by atoms with Crippen molar-refractivity contribution >= 4 is 0 Å². The van der Waals surface area contributed by atoms with Crippen molar-refractivity contribution in [3.05, 3.63) is 0 Å². The fourth-order valence-corrected chi connectivity index (χ4v) is 2.86. The molecule has 1 aliphatic carbocycles. The number of rotatable bonds is 2. The van der Waals surface area contributed by atoms with E-state index in [0.29, 0.717) is 11.5 Å². The summed E-state index contributed by atoms with van der Waals surface area (Å²) >= 11 is 0. The van der Waals surface area contributed by atoms with Crippen LogP contribution in [0.25, 0.3) is 0 Å². The van der Waals surface area contributed by atoms with E-state index in [0.717, 1.165) is 5.92 Å². The average Bonchev–Trinajstić information content (AvgIpc) is 2.42. The number of terminal acetylenes is 1. The molecule has 0 saturated heterocycles. The Morgan fingerprint density at radius 3 is 2.18 bits per heavy atom. The Bertz CT molecular complexity index is 277. The van der Waals surface area contributed by atoms with Crippen LogP contribution < -0.4 is 5.32 Å². The number of hydrogen-bond donors (Lipinski definition) is 1. The Balaban J connectivity index is 2.52. The molecule has 0 aromatic heterocycles. The summed E-state index contributed by atoms with van der Waals surface area (Å²) in [7, 11) is 0. The lowest BCUT2D eigenvalue weighted by molar-refractivity contribution is 0.213. The fourth-order valence-electron chi connectivity index (χ4n) is 2.86. The van der Waals surface area contributed by atoms with Crippen LogP contribution in [-0.4, -0.2) is 11.6 Å². The first-order valence-electron chi connectivity index (χ1n) is 7.00.